The second-order valence-corrected chi connectivity index (χ2v) is 5.70. The number of hydrogen-bond donors (Lipinski definition) is 0. The van der Waals surface area contributed by atoms with Gasteiger partial charge in [0.25, 0.3) is 5.91 Å². The van der Waals surface area contributed by atoms with Gasteiger partial charge in [-0.05, 0) is 24.3 Å². The molecule has 0 aliphatic rings. The van der Waals surface area contributed by atoms with Gasteiger partial charge in [-0.15, -0.1) is 11.3 Å². The zero-order valence-corrected chi connectivity index (χ0v) is 13.4. The summed E-state index contributed by atoms with van der Waals surface area (Å²) in [6.45, 7) is 0.615. The molecule has 0 bridgehead atoms. The Kier molecular flexibility index (Phi) is 5.83. The smallest absolute Gasteiger partial charge is 0.348 e. The molecule has 1 amide bonds. The third-order valence-electron chi connectivity index (χ3n) is 3.06. The summed E-state index contributed by atoms with van der Waals surface area (Å²) in [5, 5.41) is 8.78. The highest BCUT2D eigenvalue weighted by Gasteiger charge is 2.20. The molecule has 0 N–H and O–H groups in total. The van der Waals surface area contributed by atoms with Gasteiger partial charge in [-0.2, -0.15) is 5.26 Å². The van der Waals surface area contributed by atoms with Crippen LogP contribution in [0.5, 0.6) is 0 Å². The normalized spacial score (nSPS) is 9.91. The van der Waals surface area contributed by atoms with E-state index >= 15 is 0 Å². The number of nitriles is 1. The van der Waals surface area contributed by atoms with Gasteiger partial charge in [0.2, 0.25) is 0 Å². The van der Waals surface area contributed by atoms with Gasteiger partial charge in [-0.3, -0.25) is 9.78 Å². The van der Waals surface area contributed by atoms with E-state index in [0.29, 0.717) is 22.8 Å². The summed E-state index contributed by atoms with van der Waals surface area (Å²) in [6, 6.07) is 10.7. The highest BCUT2D eigenvalue weighted by molar-refractivity contribution is 7.15. The molecule has 0 spiro atoms. The van der Waals surface area contributed by atoms with Gasteiger partial charge in [-0.25, -0.2) is 4.79 Å². The number of esters is 1. The van der Waals surface area contributed by atoms with Gasteiger partial charge >= 0.3 is 5.97 Å². The maximum absolute atomic E-state index is 12.6. The summed E-state index contributed by atoms with van der Waals surface area (Å²) >= 11 is 1.08. The summed E-state index contributed by atoms with van der Waals surface area (Å²) in [4.78, 5) is 30.7. The molecular formula is C16H15N3O3S. The number of hydrogen-bond acceptors (Lipinski definition) is 6. The lowest BCUT2D eigenvalue weighted by Crippen LogP contribution is -2.31. The summed E-state index contributed by atoms with van der Waals surface area (Å²) in [7, 11) is 1.30. The summed E-state index contributed by atoms with van der Waals surface area (Å²) < 4.78 is 4.64. The maximum atomic E-state index is 12.6. The molecule has 0 fully saturated rings. The molecule has 23 heavy (non-hydrogen) atoms. The molecule has 0 saturated heterocycles. The van der Waals surface area contributed by atoms with Gasteiger partial charge < -0.3 is 9.64 Å². The van der Waals surface area contributed by atoms with Crippen LogP contribution in [0.4, 0.5) is 0 Å². The zero-order chi connectivity index (χ0) is 16.7. The van der Waals surface area contributed by atoms with Crippen LogP contribution in [0.15, 0.2) is 36.5 Å². The number of thiophene rings is 1. The molecule has 2 aromatic heterocycles. The first-order chi connectivity index (χ1) is 11.2. The average molecular weight is 329 g/mol. The first-order valence-corrected chi connectivity index (χ1v) is 7.71. The Balaban J connectivity index is 2.17. The predicted octanol–water partition coefficient (Wildman–Crippen LogP) is 2.49. The fourth-order valence-electron chi connectivity index (χ4n) is 1.94. The lowest BCUT2D eigenvalue weighted by atomic mass is 10.3. The predicted molar refractivity (Wildman–Crippen MR) is 84.9 cm³/mol. The average Bonchev–Trinajstić information content (AvgIpc) is 3.08. The third kappa shape index (κ3) is 4.37. The molecule has 2 rings (SSSR count). The molecular weight excluding hydrogens is 314 g/mol. The van der Waals surface area contributed by atoms with Crippen molar-refractivity contribution in [2.75, 3.05) is 13.7 Å². The number of rotatable bonds is 6. The quantitative estimate of drug-likeness (QED) is 0.760. The van der Waals surface area contributed by atoms with E-state index in [9.17, 15) is 9.59 Å². The first-order valence-electron chi connectivity index (χ1n) is 6.90. The largest absolute Gasteiger partial charge is 0.465 e. The van der Waals surface area contributed by atoms with Crippen molar-refractivity contribution >= 4 is 23.2 Å². The van der Waals surface area contributed by atoms with Crippen LogP contribution < -0.4 is 0 Å². The number of ether oxygens (including phenoxy) is 1. The Morgan fingerprint density at radius 1 is 1.30 bits per heavy atom. The number of methoxy groups -OCH3 is 1. The van der Waals surface area contributed by atoms with Crippen LogP contribution in [0, 0.1) is 11.3 Å². The van der Waals surface area contributed by atoms with Crippen molar-refractivity contribution in [3.05, 3.63) is 52.0 Å². The van der Waals surface area contributed by atoms with Crippen LogP contribution in [0.1, 0.15) is 31.5 Å². The molecule has 0 unspecified atom stereocenters. The Hall–Kier alpha value is -2.72. The van der Waals surface area contributed by atoms with E-state index in [-0.39, 0.29) is 12.3 Å². The van der Waals surface area contributed by atoms with Crippen molar-refractivity contribution in [1.82, 2.24) is 9.88 Å². The van der Waals surface area contributed by atoms with Crippen molar-refractivity contribution in [2.24, 2.45) is 0 Å². The van der Waals surface area contributed by atoms with Crippen molar-refractivity contribution in [3.8, 4) is 6.07 Å². The molecule has 2 aromatic rings. The van der Waals surface area contributed by atoms with Crippen LogP contribution in [0.3, 0.4) is 0 Å². The Morgan fingerprint density at radius 3 is 2.74 bits per heavy atom. The SMILES string of the molecule is COC(=O)c1ccc(C(=O)N(CCC#N)Cc2ccccn2)s1. The minimum Gasteiger partial charge on any atom is -0.465 e. The van der Waals surface area contributed by atoms with E-state index in [1.165, 1.54) is 7.11 Å². The van der Waals surface area contributed by atoms with E-state index < -0.39 is 5.97 Å². The molecule has 0 aliphatic carbocycles. The molecule has 0 atom stereocenters. The molecule has 0 saturated carbocycles. The fraction of sp³-hybridized carbons (Fsp3) is 0.250. The van der Waals surface area contributed by atoms with Gasteiger partial charge in [-0.1, -0.05) is 6.07 Å². The lowest BCUT2D eigenvalue weighted by Gasteiger charge is -2.20. The van der Waals surface area contributed by atoms with Crippen molar-refractivity contribution in [2.45, 2.75) is 13.0 Å². The van der Waals surface area contributed by atoms with E-state index in [4.69, 9.17) is 5.26 Å². The number of carbonyl (C=O) groups excluding carboxylic acids is 2. The lowest BCUT2D eigenvalue weighted by molar-refractivity contribution is 0.0606. The Morgan fingerprint density at radius 2 is 2.09 bits per heavy atom. The van der Waals surface area contributed by atoms with Crippen LogP contribution in [0.25, 0.3) is 0 Å². The number of nitrogens with zero attached hydrogens (tertiary/aromatic N) is 3. The first kappa shape index (κ1) is 16.6. The fourth-order valence-corrected chi connectivity index (χ4v) is 2.84. The molecule has 0 radical (unpaired) electrons. The van der Waals surface area contributed by atoms with E-state index in [1.54, 1.807) is 29.3 Å². The topological polar surface area (TPSA) is 83.3 Å². The standard InChI is InChI=1S/C16H15N3O3S/c1-22-16(21)14-7-6-13(23-14)15(20)19(10-4-8-17)11-12-5-2-3-9-18-12/h2-3,5-7,9H,4,10-11H2,1H3. The van der Waals surface area contributed by atoms with E-state index in [2.05, 4.69) is 9.72 Å². The van der Waals surface area contributed by atoms with Crippen molar-refractivity contribution in [3.63, 3.8) is 0 Å². The zero-order valence-electron chi connectivity index (χ0n) is 12.6. The molecule has 0 aromatic carbocycles. The third-order valence-corrected chi connectivity index (χ3v) is 4.12. The molecule has 118 valence electrons. The number of amides is 1. The summed E-state index contributed by atoms with van der Waals surface area (Å²) in [5.41, 5.74) is 0.739. The van der Waals surface area contributed by atoms with Crippen molar-refractivity contribution < 1.29 is 14.3 Å². The van der Waals surface area contributed by atoms with Gasteiger partial charge in [0.15, 0.2) is 0 Å². The maximum Gasteiger partial charge on any atom is 0.348 e. The molecule has 7 heteroatoms. The van der Waals surface area contributed by atoms with Gasteiger partial charge in [0.1, 0.15) is 4.88 Å². The van der Waals surface area contributed by atoms with E-state index in [1.807, 2.05) is 18.2 Å². The van der Waals surface area contributed by atoms with Gasteiger partial charge in [0.05, 0.1) is 36.7 Å². The van der Waals surface area contributed by atoms with Crippen LogP contribution in [-0.2, 0) is 11.3 Å². The number of pyridine rings is 1. The number of carbonyl (C=O) groups is 2. The summed E-state index contributed by atoms with van der Waals surface area (Å²) in [6.07, 6.45) is 1.89. The second kappa shape index (κ2) is 8.06. The van der Waals surface area contributed by atoms with E-state index in [0.717, 1.165) is 17.0 Å². The van der Waals surface area contributed by atoms with Crippen LogP contribution >= 0.6 is 11.3 Å². The Labute approximate surface area is 137 Å². The molecule has 0 aliphatic heterocycles. The molecule has 6 nitrogen and oxygen atoms in total. The molecule has 2 heterocycles. The minimum absolute atomic E-state index is 0.230. The second-order valence-electron chi connectivity index (χ2n) is 4.61. The van der Waals surface area contributed by atoms with Crippen molar-refractivity contribution in [1.29, 1.82) is 5.26 Å². The van der Waals surface area contributed by atoms with Gasteiger partial charge in [0, 0.05) is 12.7 Å². The number of aromatic nitrogens is 1. The highest BCUT2D eigenvalue weighted by Crippen LogP contribution is 2.20. The highest BCUT2D eigenvalue weighted by atomic mass is 32.1. The minimum atomic E-state index is -0.470. The Bertz CT molecular complexity index is 722. The summed E-state index contributed by atoms with van der Waals surface area (Å²) in [5.74, 6) is -0.701. The van der Waals surface area contributed by atoms with Crippen LogP contribution in [-0.4, -0.2) is 35.4 Å². The monoisotopic (exact) mass is 329 g/mol. The van der Waals surface area contributed by atoms with Crippen LogP contribution in [0.2, 0.25) is 0 Å².